The molecule has 2 heterocycles. The van der Waals surface area contributed by atoms with Crippen molar-refractivity contribution in [2.75, 3.05) is 6.54 Å². The zero-order valence-electron chi connectivity index (χ0n) is 10.7. The monoisotopic (exact) mass is 270 g/mol. The Bertz CT molecular complexity index is 628. The lowest BCUT2D eigenvalue weighted by molar-refractivity contribution is 0.0658. The third-order valence-corrected chi connectivity index (χ3v) is 3.42. The molecule has 1 aromatic carbocycles. The average molecular weight is 270 g/mol. The minimum absolute atomic E-state index is 0.220. The van der Waals surface area contributed by atoms with E-state index in [9.17, 15) is 4.79 Å². The Kier molecular flexibility index (Phi) is 3.35. The quantitative estimate of drug-likeness (QED) is 0.899. The fraction of sp³-hybridized carbons (Fsp3) is 0.200. The highest BCUT2D eigenvalue weighted by Crippen LogP contribution is 2.36. The third-order valence-electron chi connectivity index (χ3n) is 3.42. The number of hydrogen-bond donors (Lipinski definition) is 2. The lowest BCUT2D eigenvalue weighted by atomic mass is 9.95. The predicted molar refractivity (Wildman–Crippen MR) is 73.2 cm³/mol. The van der Waals surface area contributed by atoms with E-state index < -0.39 is 6.09 Å². The first-order valence-corrected chi connectivity index (χ1v) is 6.36. The van der Waals surface area contributed by atoms with Gasteiger partial charge in [-0.1, -0.05) is 18.2 Å². The second-order valence-electron chi connectivity index (χ2n) is 4.59. The summed E-state index contributed by atoms with van der Waals surface area (Å²) in [5, 5.41) is 11.0. The minimum Gasteiger partial charge on any atom is -0.465 e. The molecule has 1 aliphatic rings. The summed E-state index contributed by atoms with van der Waals surface area (Å²) >= 11 is 0. The standard InChI is InChI=1S/C15H14N2O3/c18-15(19)17-8-14-12-3-1-2-11(13(12)9-20-14)10-4-6-16-7-5-10/h1-7,14,17H,8-9H2,(H,18,19). The van der Waals surface area contributed by atoms with E-state index in [-0.39, 0.29) is 12.6 Å². The molecule has 0 spiro atoms. The highest BCUT2D eigenvalue weighted by atomic mass is 16.5. The smallest absolute Gasteiger partial charge is 0.404 e. The van der Waals surface area contributed by atoms with Crippen molar-refractivity contribution in [1.29, 1.82) is 0 Å². The van der Waals surface area contributed by atoms with Crippen LogP contribution in [0.25, 0.3) is 11.1 Å². The van der Waals surface area contributed by atoms with Gasteiger partial charge in [0.15, 0.2) is 0 Å². The lowest BCUT2D eigenvalue weighted by Crippen LogP contribution is -2.26. The Morgan fingerprint density at radius 1 is 1.35 bits per heavy atom. The molecule has 1 aromatic heterocycles. The largest absolute Gasteiger partial charge is 0.465 e. The number of benzene rings is 1. The molecule has 0 saturated carbocycles. The van der Waals surface area contributed by atoms with Crippen LogP contribution < -0.4 is 5.32 Å². The molecule has 0 radical (unpaired) electrons. The Labute approximate surface area is 116 Å². The molecule has 2 aromatic rings. The molecule has 1 unspecified atom stereocenters. The third kappa shape index (κ3) is 2.35. The predicted octanol–water partition coefficient (Wildman–Crippen LogP) is 2.59. The number of pyridine rings is 1. The highest BCUT2D eigenvalue weighted by molar-refractivity contribution is 5.69. The summed E-state index contributed by atoms with van der Waals surface area (Å²) < 4.78 is 5.69. The van der Waals surface area contributed by atoms with Gasteiger partial charge in [-0.05, 0) is 34.4 Å². The first-order valence-electron chi connectivity index (χ1n) is 6.36. The topological polar surface area (TPSA) is 71.5 Å². The second-order valence-corrected chi connectivity index (χ2v) is 4.59. The van der Waals surface area contributed by atoms with Crippen molar-refractivity contribution in [2.24, 2.45) is 0 Å². The van der Waals surface area contributed by atoms with Crippen LogP contribution in [0.1, 0.15) is 17.2 Å². The molecular weight excluding hydrogens is 256 g/mol. The number of amides is 1. The van der Waals surface area contributed by atoms with Gasteiger partial charge in [-0.25, -0.2) is 4.79 Å². The van der Waals surface area contributed by atoms with Crippen LogP contribution in [0.4, 0.5) is 4.79 Å². The molecule has 5 nitrogen and oxygen atoms in total. The molecule has 1 amide bonds. The second kappa shape index (κ2) is 5.30. The van der Waals surface area contributed by atoms with Gasteiger partial charge in [0.25, 0.3) is 0 Å². The number of rotatable bonds is 3. The Balaban J connectivity index is 1.92. The summed E-state index contributed by atoms with van der Waals surface area (Å²) in [7, 11) is 0. The van der Waals surface area contributed by atoms with Gasteiger partial charge in [0, 0.05) is 12.4 Å². The maximum Gasteiger partial charge on any atom is 0.404 e. The fourth-order valence-electron chi connectivity index (χ4n) is 2.49. The summed E-state index contributed by atoms with van der Waals surface area (Å²) in [6.07, 6.45) is 2.26. The summed E-state index contributed by atoms with van der Waals surface area (Å²) in [6.45, 7) is 0.766. The van der Waals surface area contributed by atoms with Crippen LogP contribution in [0, 0.1) is 0 Å². The van der Waals surface area contributed by atoms with E-state index in [0.29, 0.717) is 6.61 Å². The summed E-state index contributed by atoms with van der Waals surface area (Å²) in [6, 6.07) is 9.92. The molecular formula is C15H14N2O3. The van der Waals surface area contributed by atoms with Gasteiger partial charge >= 0.3 is 6.09 Å². The maximum atomic E-state index is 10.6. The van der Waals surface area contributed by atoms with Crippen LogP contribution in [0.15, 0.2) is 42.7 Å². The summed E-state index contributed by atoms with van der Waals surface area (Å²) in [5.74, 6) is 0. The van der Waals surface area contributed by atoms with Crippen molar-refractivity contribution >= 4 is 6.09 Å². The van der Waals surface area contributed by atoms with Gasteiger partial charge in [0.1, 0.15) is 6.10 Å². The van der Waals surface area contributed by atoms with E-state index in [1.54, 1.807) is 12.4 Å². The molecule has 3 rings (SSSR count). The molecule has 2 N–H and O–H groups in total. The van der Waals surface area contributed by atoms with Crippen LogP contribution >= 0.6 is 0 Å². The van der Waals surface area contributed by atoms with E-state index in [4.69, 9.17) is 9.84 Å². The van der Waals surface area contributed by atoms with E-state index in [0.717, 1.165) is 22.3 Å². The Morgan fingerprint density at radius 3 is 2.90 bits per heavy atom. The van der Waals surface area contributed by atoms with Crippen LogP contribution in [-0.4, -0.2) is 22.7 Å². The number of nitrogens with one attached hydrogen (secondary N) is 1. The Hall–Kier alpha value is -2.40. The molecule has 102 valence electrons. The van der Waals surface area contributed by atoms with Gasteiger partial charge in [0.05, 0.1) is 13.2 Å². The van der Waals surface area contributed by atoms with Crippen molar-refractivity contribution in [3.63, 3.8) is 0 Å². The van der Waals surface area contributed by atoms with Gasteiger partial charge in [-0.3, -0.25) is 4.98 Å². The summed E-state index contributed by atoms with van der Waals surface area (Å²) in [5.41, 5.74) is 4.37. The molecule has 5 heteroatoms. The van der Waals surface area contributed by atoms with Crippen LogP contribution in [-0.2, 0) is 11.3 Å². The number of hydrogen-bond acceptors (Lipinski definition) is 3. The number of aromatic nitrogens is 1. The summed E-state index contributed by atoms with van der Waals surface area (Å²) in [4.78, 5) is 14.6. The molecule has 0 fully saturated rings. The van der Waals surface area contributed by atoms with E-state index >= 15 is 0 Å². The lowest BCUT2D eigenvalue weighted by Gasteiger charge is -2.11. The molecule has 0 bridgehead atoms. The minimum atomic E-state index is -1.03. The van der Waals surface area contributed by atoms with Gasteiger partial charge < -0.3 is 15.2 Å². The number of carbonyl (C=O) groups is 1. The number of nitrogens with zero attached hydrogens (tertiary/aromatic N) is 1. The van der Waals surface area contributed by atoms with Crippen molar-refractivity contribution < 1.29 is 14.6 Å². The SMILES string of the molecule is O=C(O)NCC1OCc2c(-c3ccncc3)cccc21. The van der Waals surface area contributed by atoms with Gasteiger partial charge in [0.2, 0.25) is 0 Å². The molecule has 0 saturated heterocycles. The Morgan fingerprint density at radius 2 is 2.15 bits per heavy atom. The van der Waals surface area contributed by atoms with Crippen molar-refractivity contribution in [1.82, 2.24) is 10.3 Å². The van der Waals surface area contributed by atoms with Crippen LogP contribution in [0.2, 0.25) is 0 Å². The highest BCUT2D eigenvalue weighted by Gasteiger charge is 2.25. The van der Waals surface area contributed by atoms with Crippen LogP contribution in [0.3, 0.4) is 0 Å². The first kappa shape index (κ1) is 12.6. The maximum absolute atomic E-state index is 10.6. The van der Waals surface area contributed by atoms with E-state index in [1.807, 2.05) is 30.3 Å². The van der Waals surface area contributed by atoms with Crippen molar-refractivity contribution in [3.05, 3.63) is 53.9 Å². The zero-order valence-corrected chi connectivity index (χ0v) is 10.7. The molecule has 1 atom stereocenters. The average Bonchev–Trinajstić information content (AvgIpc) is 2.89. The number of carboxylic acid groups (broad SMARTS) is 1. The van der Waals surface area contributed by atoms with Crippen LogP contribution in [0.5, 0.6) is 0 Å². The number of fused-ring (bicyclic) bond motifs is 1. The van der Waals surface area contributed by atoms with Gasteiger partial charge in [-0.2, -0.15) is 0 Å². The molecule has 1 aliphatic heterocycles. The molecule has 20 heavy (non-hydrogen) atoms. The van der Waals surface area contributed by atoms with E-state index in [2.05, 4.69) is 10.3 Å². The van der Waals surface area contributed by atoms with Gasteiger partial charge in [-0.15, -0.1) is 0 Å². The first-order chi connectivity index (χ1) is 9.75. The molecule has 0 aliphatic carbocycles. The van der Waals surface area contributed by atoms with Crippen molar-refractivity contribution in [3.8, 4) is 11.1 Å². The number of ether oxygens (including phenoxy) is 1. The zero-order chi connectivity index (χ0) is 13.9. The van der Waals surface area contributed by atoms with Crippen molar-refractivity contribution in [2.45, 2.75) is 12.7 Å². The normalized spacial score (nSPS) is 16.7. The van der Waals surface area contributed by atoms with E-state index in [1.165, 1.54) is 0 Å². The fourth-order valence-corrected chi connectivity index (χ4v) is 2.49.